The fourth-order valence-corrected chi connectivity index (χ4v) is 1.71. The van der Waals surface area contributed by atoms with E-state index in [0.29, 0.717) is 0 Å². The first-order valence-electron chi connectivity index (χ1n) is 4.55. The summed E-state index contributed by atoms with van der Waals surface area (Å²) in [5.74, 6) is -1.81. The first-order chi connectivity index (χ1) is 6.24. The molecule has 0 spiro atoms. The van der Waals surface area contributed by atoms with Crippen LogP contribution in [-0.4, -0.2) is 24.2 Å². The van der Waals surface area contributed by atoms with E-state index in [9.17, 15) is 9.59 Å². The van der Waals surface area contributed by atoms with Gasteiger partial charge in [0.2, 0.25) is 0 Å². The van der Waals surface area contributed by atoms with Crippen LogP contribution in [0.4, 0.5) is 0 Å². The van der Waals surface area contributed by atoms with Crippen LogP contribution in [0, 0.1) is 10.8 Å². The normalized spacial score (nSPS) is 15.8. The van der Waals surface area contributed by atoms with Gasteiger partial charge in [0, 0.05) is 0 Å². The van der Waals surface area contributed by atoms with Crippen LogP contribution < -0.4 is 0 Å². The lowest BCUT2D eigenvalue weighted by Crippen LogP contribution is -2.49. The number of hydrogen-bond donors (Lipinski definition) is 1. The number of carbonyl (C=O) groups excluding carboxylic acids is 1. The Hall–Kier alpha value is -1.06. The minimum atomic E-state index is -1.46. The molecule has 0 radical (unpaired) electrons. The molecule has 0 aliphatic heterocycles. The molecule has 0 aliphatic rings. The summed E-state index contributed by atoms with van der Waals surface area (Å²) < 4.78 is 4.57. The van der Waals surface area contributed by atoms with Crippen LogP contribution in [-0.2, 0) is 14.3 Å². The second kappa shape index (κ2) is 3.98. The van der Waals surface area contributed by atoms with Crippen molar-refractivity contribution in [3.05, 3.63) is 0 Å². The Morgan fingerprint density at radius 1 is 1.29 bits per heavy atom. The SMILES string of the molecule is CCC(C(=O)O)(C(=O)OC)C(C)(C)C. The monoisotopic (exact) mass is 202 g/mol. The van der Waals surface area contributed by atoms with Gasteiger partial charge in [-0.1, -0.05) is 27.7 Å². The molecule has 0 heterocycles. The molecule has 0 saturated heterocycles. The molecule has 0 aliphatic carbocycles. The average molecular weight is 202 g/mol. The van der Waals surface area contributed by atoms with Gasteiger partial charge >= 0.3 is 11.9 Å². The first-order valence-corrected chi connectivity index (χ1v) is 4.55. The quantitative estimate of drug-likeness (QED) is 0.558. The zero-order valence-electron chi connectivity index (χ0n) is 9.38. The number of carboxylic acids is 1. The second-order valence-corrected chi connectivity index (χ2v) is 4.31. The molecule has 4 heteroatoms. The van der Waals surface area contributed by atoms with Crippen LogP contribution in [0.2, 0.25) is 0 Å². The Balaban J connectivity index is 5.44. The van der Waals surface area contributed by atoms with Crippen molar-refractivity contribution in [3.63, 3.8) is 0 Å². The van der Waals surface area contributed by atoms with Crippen molar-refractivity contribution in [2.45, 2.75) is 34.1 Å². The highest BCUT2D eigenvalue weighted by molar-refractivity contribution is 6.00. The molecule has 1 atom stereocenters. The Morgan fingerprint density at radius 3 is 1.79 bits per heavy atom. The molecule has 0 bridgehead atoms. The molecule has 0 amide bonds. The van der Waals surface area contributed by atoms with E-state index in [4.69, 9.17) is 5.11 Å². The summed E-state index contributed by atoms with van der Waals surface area (Å²) in [4.78, 5) is 22.7. The molecule has 0 fully saturated rings. The third-order valence-corrected chi connectivity index (χ3v) is 2.71. The van der Waals surface area contributed by atoms with Gasteiger partial charge in [0.1, 0.15) is 0 Å². The summed E-state index contributed by atoms with van der Waals surface area (Å²) in [5.41, 5.74) is -2.12. The Bertz CT molecular complexity index is 239. The lowest BCUT2D eigenvalue weighted by Gasteiger charge is -2.37. The number of hydrogen-bond acceptors (Lipinski definition) is 3. The van der Waals surface area contributed by atoms with Crippen molar-refractivity contribution in [1.82, 2.24) is 0 Å². The van der Waals surface area contributed by atoms with Crippen LogP contribution in [0.5, 0.6) is 0 Å². The first kappa shape index (κ1) is 12.9. The molecule has 0 rings (SSSR count). The van der Waals surface area contributed by atoms with E-state index >= 15 is 0 Å². The topological polar surface area (TPSA) is 63.6 Å². The van der Waals surface area contributed by atoms with Gasteiger partial charge in [0.05, 0.1) is 7.11 Å². The lowest BCUT2D eigenvalue weighted by molar-refractivity contribution is -0.176. The molecule has 4 nitrogen and oxygen atoms in total. The number of ether oxygens (including phenoxy) is 1. The average Bonchev–Trinajstić information content (AvgIpc) is 2.02. The molecular formula is C10H18O4. The Morgan fingerprint density at radius 2 is 1.71 bits per heavy atom. The van der Waals surface area contributed by atoms with Gasteiger partial charge in [0.15, 0.2) is 5.41 Å². The molecule has 1 unspecified atom stereocenters. The minimum absolute atomic E-state index is 0.221. The van der Waals surface area contributed by atoms with Crippen molar-refractivity contribution in [3.8, 4) is 0 Å². The number of rotatable bonds is 3. The fraction of sp³-hybridized carbons (Fsp3) is 0.800. The summed E-state index contributed by atoms with van der Waals surface area (Å²) in [6, 6.07) is 0. The number of methoxy groups -OCH3 is 1. The summed E-state index contributed by atoms with van der Waals surface area (Å²) in [6.45, 7) is 6.85. The van der Waals surface area contributed by atoms with Crippen molar-refractivity contribution >= 4 is 11.9 Å². The highest BCUT2D eigenvalue weighted by Crippen LogP contribution is 2.42. The van der Waals surface area contributed by atoms with Gasteiger partial charge < -0.3 is 9.84 Å². The standard InChI is InChI=1S/C10H18O4/c1-6-10(7(11)12,8(13)14-5)9(2,3)4/h6H2,1-5H3,(H,11,12). The van der Waals surface area contributed by atoms with Crippen molar-refractivity contribution in [2.24, 2.45) is 10.8 Å². The van der Waals surface area contributed by atoms with Gasteiger partial charge in [-0.25, -0.2) is 0 Å². The summed E-state index contributed by atoms with van der Waals surface area (Å²) in [5, 5.41) is 9.16. The van der Waals surface area contributed by atoms with Crippen molar-refractivity contribution in [2.75, 3.05) is 7.11 Å². The molecule has 0 aromatic carbocycles. The number of esters is 1. The second-order valence-electron chi connectivity index (χ2n) is 4.31. The van der Waals surface area contributed by atoms with Gasteiger partial charge in [-0.15, -0.1) is 0 Å². The number of aliphatic carboxylic acids is 1. The van der Waals surface area contributed by atoms with Crippen LogP contribution in [0.3, 0.4) is 0 Å². The molecule has 0 aromatic rings. The fourth-order valence-electron chi connectivity index (χ4n) is 1.71. The lowest BCUT2D eigenvalue weighted by atomic mass is 9.65. The van der Waals surface area contributed by atoms with E-state index in [2.05, 4.69) is 4.74 Å². The number of carbonyl (C=O) groups is 2. The van der Waals surface area contributed by atoms with Gasteiger partial charge in [-0.05, 0) is 11.8 Å². The van der Waals surface area contributed by atoms with Gasteiger partial charge in [-0.3, -0.25) is 9.59 Å². The summed E-state index contributed by atoms with van der Waals surface area (Å²) in [7, 11) is 1.21. The van der Waals surface area contributed by atoms with E-state index in [1.807, 2.05) is 0 Å². The van der Waals surface area contributed by atoms with Crippen molar-refractivity contribution < 1.29 is 19.4 Å². The summed E-state index contributed by atoms with van der Waals surface area (Å²) >= 11 is 0. The zero-order valence-corrected chi connectivity index (χ0v) is 9.38. The van der Waals surface area contributed by atoms with E-state index < -0.39 is 22.8 Å². The van der Waals surface area contributed by atoms with E-state index in [0.717, 1.165) is 0 Å². The van der Waals surface area contributed by atoms with Crippen LogP contribution in [0.15, 0.2) is 0 Å². The maximum atomic E-state index is 11.6. The Labute approximate surface area is 84.3 Å². The third-order valence-electron chi connectivity index (χ3n) is 2.71. The van der Waals surface area contributed by atoms with Crippen LogP contribution >= 0.6 is 0 Å². The van der Waals surface area contributed by atoms with Gasteiger partial charge in [0.25, 0.3) is 0 Å². The van der Waals surface area contributed by atoms with Gasteiger partial charge in [-0.2, -0.15) is 0 Å². The van der Waals surface area contributed by atoms with E-state index in [-0.39, 0.29) is 6.42 Å². The van der Waals surface area contributed by atoms with E-state index in [1.165, 1.54) is 7.11 Å². The largest absolute Gasteiger partial charge is 0.480 e. The highest BCUT2D eigenvalue weighted by Gasteiger charge is 2.54. The van der Waals surface area contributed by atoms with Crippen molar-refractivity contribution in [1.29, 1.82) is 0 Å². The predicted octanol–water partition coefficient (Wildman–Crippen LogP) is 1.69. The highest BCUT2D eigenvalue weighted by atomic mass is 16.5. The zero-order chi connectivity index (χ0) is 11.6. The van der Waals surface area contributed by atoms with Crippen LogP contribution in [0.25, 0.3) is 0 Å². The molecule has 14 heavy (non-hydrogen) atoms. The molecular weight excluding hydrogens is 184 g/mol. The Kier molecular flexibility index (Phi) is 3.68. The van der Waals surface area contributed by atoms with E-state index in [1.54, 1.807) is 27.7 Å². The molecule has 0 aromatic heterocycles. The minimum Gasteiger partial charge on any atom is -0.480 e. The maximum Gasteiger partial charge on any atom is 0.323 e. The third kappa shape index (κ3) is 1.74. The van der Waals surface area contributed by atoms with Crippen LogP contribution in [0.1, 0.15) is 34.1 Å². The molecule has 82 valence electrons. The predicted molar refractivity (Wildman–Crippen MR) is 51.8 cm³/mol. The molecule has 0 saturated carbocycles. The summed E-state index contributed by atoms with van der Waals surface area (Å²) in [6.07, 6.45) is 0.221. The number of carboxylic acid groups (broad SMARTS) is 1. The molecule has 1 N–H and O–H groups in total. The maximum absolute atomic E-state index is 11.6. The smallest absolute Gasteiger partial charge is 0.323 e.